The summed E-state index contributed by atoms with van der Waals surface area (Å²) in [7, 11) is 0. The zero-order valence-electron chi connectivity index (χ0n) is 22.5. The smallest absolute Gasteiger partial charge is 0.326 e. The first-order valence-corrected chi connectivity index (χ1v) is 12.7. The van der Waals surface area contributed by atoms with E-state index in [1.165, 1.54) is 24.3 Å². The van der Waals surface area contributed by atoms with E-state index >= 15 is 0 Å². The summed E-state index contributed by atoms with van der Waals surface area (Å²) in [6.07, 6.45) is -0.0303. The van der Waals surface area contributed by atoms with E-state index in [1.54, 1.807) is 13.8 Å². The molecule has 0 aliphatic rings. The van der Waals surface area contributed by atoms with Gasteiger partial charge in [-0.15, -0.1) is 0 Å². The van der Waals surface area contributed by atoms with Crippen molar-refractivity contribution in [2.24, 2.45) is 28.1 Å². The number of aliphatic imine (C=N–C) groups is 1. The van der Waals surface area contributed by atoms with Gasteiger partial charge in [0.25, 0.3) is 0 Å². The molecule has 40 heavy (non-hydrogen) atoms. The van der Waals surface area contributed by atoms with Gasteiger partial charge in [0.15, 0.2) is 5.96 Å². The van der Waals surface area contributed by atoms with E-state index in [4.69, 9.17) is 22.3 Å². The fraction of sp³-hybridized carbons (Fsp3) is 0.520. The SMILES string of the molecule is CCC(C)C(NC(=O)C(CCCN=C(N)N)NC(=O)C(Cc1ccc(O)cc1)NC(=O)C(N)CC(=O)O)C(=O)O. The fourth-order valence-corrected chi connectivity index (χ4v) is 3.62. The molecule has 1 aromatic carbocycles. The second-order valence-corrected chi connectivity index (χ2v) is 9.36. The summed E-state index contributed by atoms with van der Waals surface area (Å²) in [6.45, 7) is 3.56. The molecular weight excluding hydrogens is 526 g/mol. The molecule has 0 fully saturated rings. The normalized spacial score (nSPS) is 14.5. The van der Waals surface area contributed by atoms with Crippen LogP contribution in [0.2, 0.25) is 0 Å². The van der Waals surface area contributed by atoms with Crippen molar-refractivity contribution >= 4 is 35.6 Å². The summed E-state index contributed by atoms with van der Waals surface area (Å²) in [6, 6.07) is 0.611. The Hall–Kier alpha value is -4.40. The molecule has 0 saturated heterocycles. The summed E-state index contributed by atoms with van der Waals surface area (Å²) in [5.74, 6) is -5.61. The van der Waals surface area contributed by atoms with E-state index in [9.17, 15) is 34.2 Å². The van der Waals surface area contributed by atoms with Crippen molar-refractivity contribution in [3.63, 3.8) is 0 Å². The number of aliphatic carboxylic acids is 2. The number of rotatable bonds is 17. The molecule has 0 radical (unpaired) electrons. The molecular formula is C25H39N7O8. The van der Waals surface area contributed by atoms with Gasteiger partial charge in [0.1, 0.15) is 23.9 Å². The maximum absolute atomic E-state index is 13.4. The van der Waals surface area contributed by atoms with Crippen molar-refractivity contribution in [3.05, 3.63) is 29.8 Å². The van der Waals surface area contributed by atoms with Gasteiger partial charge in [-0.3, -0.25) is 24.2 Å². The van der Waals surface area contributed by atoms with E-state index in [1.807, 2.05) is 0 Å². The molecule has 12 N–H and O–H groups in total. The van der Waals surface area contributed by atoms with Gasteiger partial charge in [0.2, 0.25) is 17.7 Å². The Kier molecular flexibility index (Phi) is 13.9. The number of carbonyl (C=O) groups excluding carboxylic acids is 3. The minimum atomic E-state index is -1.45. The number of carboxylic acid groups (broad SMARTS) is 2. The summed E-state index contributed by atoms with van der Waals surface area (Å²) in [5, 5.41) is 35.5. The largest absolute Gasteiger partial charge is 0.508 e. The molecule has 0 saturated carbocycles. The molecule has 0 spiro atoms. The predicted octanol–water partition coefficient (Wildman–Crippen LogP) is -1.62. The molecule has 0 aliphatic heterocycles. The number of hydrogen-bond donors (Lipinski definition) is 9. The molecule has 0 aromatic heterocycles. The zero-order chi connectivity index (χ0) is 30.4. The number of hydrogen-bond acceptors (Lipinski definition) is 8. The number of nitrogens with zero attached hydrogens (tertiary/aromatic N) is 1. The Balaban J connectivity index is 3.22. The van der Waals surface area contributed by atoms with Gasteiger partial charge in [-0.05, 0) is 36.5 Å². The van der Waals surface area contributed by atoms with Gasteiger partial charge >= 0.3 is 11.9 Å². The van der Waals surface area contributed by atoms with Crippen molar-refractivity contribution < 1.29 is 39.3 Å². The van der Waals surface area contributed by atoms with Gasteiger partial charge in [-0.2, -0.15) is 0 Å². The minimum Gasteiger partial charge on any atom is -0.508 e. The molecule has 15 nitrogen and oxygen atoms in total. The molecule has 0 bridgehead atoms. The Morgan fingerprint density at radius 3 is 2.02 bits per heavy atom. The Bertz CT molecular complexity index is 1060. The molecule has 5 unspecified atom stereocenters. The first-order chi connectivity index (χ1) is 18.7. The van der Waals surface area contributed by atoms with E-state index < -0.39 is 66.2 Å². The number of phenolic OH excluding ortho intramolecular Hbond substituents is 1. The highest BCUT2D eigenvalue weighted by atomic mass is 16.4. The number of aromatic hydroxyl groups is 1. The number of amides is 3. The van der Waals surface area contributed by atoms with Crippen LogP contribution in [-0.2, 0) is 30.4 Å². The van der Waals surface area contributed by atoms with E-state index in [0.717, 1.165) is 0 Å². The average Bonchev–Trinajstić information content (AvgIpc) is 2.88. The highest BCUT2D eigenvalue weighted by Crippen LogP contribution is 2.13. The summed E-state index contributed by atoms with van der Waals surface area (Å²) < 4.78 is 0. The Labute approximate surface area is 231 Å². The maximum atomic E-state index is 13.4. The number of carbonyl (C=O) groups is 5. The highest BCUT2D eigenvalue weighted by molar-refractivity contribution is 5.95. The first-order valence-electron chi connectivity index (χ1n) is 12.7. The fourth-order valence-electron chi connectivity index (χ4n) is 3.62. The lowest BCUT2D eigenvalue weighted by Crippen LogP contribution is -2.58. The van der Waals surface area contributed by atoms with Crippen LogP contribution in [0.5, 0.6) is 5.75 Å². The van der Waals surface area contributed by atoms with E-state index in [2.05, 4.69) is 20.9 Å². The van der Waals surface area contributed by atoms with Crippen LogP contribution in [0.1, 0.15) is 45.1 Å². The number of guanidine groups is 1. The molecule has 5 atom stereocenters. The molecule has 1 aromatic rings. The number of carboxylic acids is 2. The lowest BCUT2D eigenvalue weighted by Gasteiger charge is -2.26. The second-order valence-electron chi connectivity index (χ2n) is 9.36. The molecule has 3 amide bonds. The molecule has 15 heteroatoms. The van der Waals surface area contributed by atoms with Gasteiger partial charge in [-0.25, -0.2) is 4.79 Å². The van der Waals surface area contributed by atoms with E-state index in [-0.39, 0.29) is 37.5 Å². The van der Waals surface area contributed by atoms with Crippen LogP contribution in [0.3, 0.4) is 0 Å². The van der Waals surface area contributed by atoms with Crippen molar-refractivity contribution in [3.8, 4) is 5.75 Å². The third-order valence-corrected chi connectivity index (χ3v) is 6.10. The zero-order valence-corrected chi connectivity index (χ0v) is 22.5. The standard InChI is InChI=1S/C25H39N7O8/c1-3-13(2)20(24(39)40)32-22(37)17(5-4-10-29-25(27)28)30-23(38)18(11-14-6-8-15(33)9-7-14)31-21(36)16(26)12-19(34)35/h6-9,13,16-18,20,33H,3-5,10-12,26H2,1-2H3,(H,30,38)(H,31,36)(H,32,37)(H,34,35)(H,39,40)(H4,27,28,29). The van der Waals surface area contributed by atoms with Crippen LogP contribution in [-0.4, -0.2) is 81.7 Å². The molecule has 222 valence electrons. The summed E-state index contributed by atoms with van der Waals surface area (Å²) in [5.41, 5.74) is 16.8. The minimum absolute atomic E-state index is 0.0240. The predicted molar refractivity (Wildman–Crippen MR) is 145 cm³/mol. The number of benzene rings is 1. The first kappa shape index (κ1) is 33.6. The van der Waals surface area contributed by atoms with Crippen molar-refractivity contribution in [2.75, 3.05) is 6.54 Å². The Morgan fingerprint density at radius 2 is 1.50 bits per heavy atom. The third kappa shape index (κ3) is 12.0. The topological polar surface area (TPSA) is 273 Å². The average molecular weight is 566 g/mol. The van der Waals surface area contributed by atoms with Crippen LogP contribution in [0.15, 0.2) is 29.3 Å². The lowest BCUT2D eigenvalue weighted by molar-refractivity contribution is -0.144. The van der Waals surface area contributed by atoms with Crippen molar-refractivity contribution in [1.29, 1.82) is 0 Å². The summed E-state index contributed by atoms with van der Waals surface area (Å²) in [4.78, 5) is 65.6. The van der Waals surface area contributed by atoms with Crippen LogP contribution in [0.25, 0.3) is 0 Å². The van der Waals surface area contributed by atoms with Crippen molar-refractivity contribution in [1.82, 2.24) is 16.0 Å². The molecule has 1 rings (SSSR count). The monoisotopic (exact) mass is 565 g/mol. The summed E-state index contributed by atoms with van der Waals surface area (Å²) >= 11 is 0. The van der Waals surface area contributed by atoms with Crippen LogP contribution >= 0.6 is 0 Å². The molecule has 0 heterocycles. The number of nitrogens with one attached hydrogen (secondary N) is 3. The van der Waals surface area contributed by atoms with Crippen molar-refractivity contribution in [2.45, 2.75) is 70.1 Å². The second kappa shape index (κ2) is 16.5. The van der Waals surface area contributed by atoms with Gasteiger partial charge in [-0.1, -0.05) is 32.4 Å². The maximum Gasteiger partial charge on any atom is 0.326 e. The number of nitrogens with two attached hydrogens (primary N) is 3. The third-order valence-electron chi connectivity index (χ3n) is 6.10. The van der Waals surface area contributed by atoms with Gasteiger partial charge < -0.3 is 48.5 Å². The van der Waals surface area contributed by atoms with Crippen LogP contribution in [0, 0.1) is 5.92 Å². The van der Waals surface area contributed by atoms with Gasteiger partial charge in [0.05, 0.1) is 12.5 Å². The Morgan fingerprint density at radius 1 is 0.925 bits per heavy atom. The van der Waals surface area contributed by atoms with Crippen LogP contribution in [0.4, 0.5) is 0 Å². The number of phenols is 1. The lowest BCUT2D eigenvalue weighted by atomic mass is 9.98. The molecule has 0 aliphatic carbocycles. The quantitative estimate of drug-likeness (QED) is 0.0587. The van der Waals surface area contributed by atoms with E-state index in [0.29, 0.717) is 12.0 Å². The van der Waals surface area contributed by atoms with Crippen LogP contribution < -0.4 is 33.2 Å². The van der Waals surface area contributed by atoms with Gasteiger partial charge in [0, 0.05) is 13.0 Å². The highest BCUT2D eigenvalue weighted by Gasteiger charge is 2.32.